The lowest BCUT2D eigenvalue weighted by molar-refractivity contribution is -0.133. The molecule has 7 atom stereocenters. The predicted molar refractivity (Wildman–Crippen MR) is 280 cm³/mol. The molecule has 0 spiro atoms. The van der Waals surface area contributed by atoms with Crippen molar-refractivity contribution >= 4 is 69.4 Å². The van der Waals surface area contributed by atoms with Crippen LogP contribution in [0, 0.1) is 16.6 Å². The van der Waals surface area contributed by atoms with Crippen molar-refractivity contribution in [2.75, 3.05) is 19.6 Å². The molecule has 70 heavy (non-hydrogen) atoms. The van der Waals surface area contributed by atoms with E-state index in [9.17, 15) is 24.3 Å². The second kappa shape index (κ2) is 23.2. The summed E-state index contributed by atoms with van der Waals surface area (Å²) in [5, 5.41) is 22.2. The minimum atomic E-state index is -1.30. The first kappa shape index (κ1) is 52.4. The Morgan fingerprint density at radius 3 is 2.37 bits per heavy atom. The van der Waals surface area contributed by atoms with Crippen molar-refractivity contribution in [2.24, 2.45) is 17.6 Å². The van der Waals surface area contributed by atoms with E-state index in [2.05, 4.69) is 67.1 Å². The first-order valence-corrected chi connectivity index (χ1v) is 25.4. The number of hydrogen-bond acceptors (Lipinski definition) is 9. The molecule has 7 N–H and O–H groups in total. The van der Waals surface area contributed by atoms with E-state index in [0.29, 0.717) is 29.9 Å². The number of para-hydroxylation sites is 1. The van der Waals surface area contributed by atoms with Crippen molar-refractivity contribution < 1.29 is 24.3 Å². The van der Waals surface area contributed by atoms with Crippen LogP contribution in [0.5, 0.6) is 0 Å². The van der Waals surface area contributed by atoms with Crippen LogP contribution in [0.25, 0.3) is 21.9 Å². The van der Waals surface area contributed by atoms with Crippen LogP contribution < -0.4 is 21.7 Å². The van der Waals surface area contributed by atoms with Crippen molar-refractivity contribution in [3.63, 3.8) is 0 Å². The molecule has 1 aliphatic carbocycles. The van der Waals surface area contributed by atoms with E-state index < -0.39 is 53.9 Å². The molecule has 3 aliphatic rings. The number of halogens is 1. The highest BCUT2D eigenvalue weighted by atomic mass is 35.5. The number of aromatic amines is 1. The van der Waals surface area contributed by atoms with E-state index in [0.717, 1.165) is 71.6 Å². The molecule has 0 unspecified atom stereocenters. The van der Waals surface area contributed by atoms with Gasteiger partial charge in [0.25, 0.3) is 5.91 Å². The van der Waals surface area contributed by atoms with Crippen LogP contribution in [0.4, 0.5) is 0 Å². The zero-order valence-electron chi connectivity index (χ0n) is 41.3. The molecule has 2 aliphatic heterocycles. The summed E-state index contributed by atoms with van der Waals surface area (Å²) in [5.41, 5.74) is 11.5. The molecule has 2 aromatic heterocycles. The number of amides is 4. The molecular formula is C54H70ClN9O5S. The number of H-pyrrole nitrogens is 1. The van der Waals surface area contributed by atoms with E-state index in [1.165, 1.54) is 23.1 Å². The van der Waals surface area contributed by atoms with Crippen molar-refractivity contribution in [3.05, 3.63) is 117 Å². The normalized spacial score (nSPS) is 20.7. The second-order valence-electron chi connectivity index (χ2n) is 20.7. The van der Waals surface area contributed by atoms with Gasteiger partial charge >= 0.3 is 0 Å². The van der Waals surface area contributed by atoms with Gasteiger partial charge < -0.3 is 36.3 Å². The number of allylic oxidation sites excluding steroid dienone is 1. The van der Waals surface area contributed by atoms with E-state index in [1.54, 1.807) is 18.2 Å². The number of primary amides is 1. The summed E-state index contributed by atoms with van der Waals surface area (Å²) in [4.78, 5) is 65.0. The molecule has 5 aromatic rings. The molecule has 0 bridgehead atoms. The zero-order chi connectivity index (χ0) is 50.3. The molecule has 4 heterocycles. The number of aliphatic hydroxyl groups excluding tert-OH is 1. The van der Waals surface area contributed by atoms with Crippen molar-refractivity contribution in [1.29, 1.82) is 0 Å². The molecule has 1 saturated heterocycles. The summed E-state index contributed by atoms with van der Waals surface area (Å²) < 4.78 is 2.98. The molecular weight excluding hydrogens is 922 g/mol. The molecule has 14 nitrogen and oxygen atoms in total. The number of nitrogens with two attached hydrogens (primary N) is 1. The summed E-state index contributed by atoms with van der Waals surface area (Å²) >= 11 is 11.9. The number of aliphatic hydroxyl groups is 1. The van der Waals surface area contributed by atoms with Crippen molar-refractivity contribution in [2.45, 2.75) is 135 Å². The Morgan fingerprint density at radius 2 is 1.66 bits per heavy atom. The first-order valence-electron chi connectivity index (χ1n) is 24.6. The van der Waals surface area contributed by atoms with Crippen molar-refractivity contribution in [3.8, 4) is 0 Å². The number of rotatable bonds is 14. The third-order valence-corrected chi connectivity index (χ3v) is 14.5. The number of nitrogens with one attached hydrogen (secondary N) is 4. The first-order chi connectivity index (χ1) is 33.3. The summed E-state index contributed by atoms with van der Waals surface area (Å²) in [6, 6.07) is 22.0. The van der Waals surface area contributed by atoms with E-state index in [-0.39, 0.29) is 24.6 Å². The van der Waals surface area contributed by atoms with Crippen LogP contribution in [-0.2, 0) is 33.9 Å². The van der Waals surface area contributed by atoms with E-state index in [4.69, 9.17) is 29.6 Å². The number of benzene rings is 3. The Hall–Kier alpha value is -5.45. The Labute approximate surface area is 421 Å². The smallest absolute Gasteiger partial charge is 0.270 e. The SMILES string of the molecule is CC(C)(C)NC(=O)[C@@H]1C[C@@H]2CCCC[C@@H]2CN1C[C@@H](O)[C@H](Cc1ccccc1)NC(=O)[C@H](CC(N)=O)NC(=O)c1ccc2ccccc2n1.CC(C)=CCN1Cc2c(Cl)ccc3[nH]c(=S)n(c23)C[C@@H]1C. The number of β-amino-alcohol motifs (C(OH)–C–C–N with tert-alkyl or cyclic N) is 1. The predicted octanol–water partition coefficient (Wildman–Crippen LogP) is 7.61. The summed E-state index contributed by atoms with van der Waals surface area (Å²) in [5.74, 6) is -1.20. The van der Waals surface area contributed by atoms with Gasteiger partial charge in [0.05, 0.1) is 41.2 Å². The fourth-order valence-corrected chi connectivity index (χ4v) is 10.7. The highest BCUT2D eigenvalue weighted by Gasteiger charge is 2.42. The molecule has 0 radical (unpaired) electrons. The standard InChI is InChI=1S/C38H50N6O5.C16H20ClN3S/c1-38(2,3)43-37(49)32-20-26-14-7-8-15-27(26)22-44(32)23-33(45)30(19-24-11-5-4-6-12-24)41-36(48)31(21-34(39)46)42-35(47)29-18-17-25-13-9-10-16-28(25)40-29;1-10(2)6-7-19-9-12-13(17)4-5-14-15(12)20(8-11(19)3)16(21)18-14/h4-6,9-13,16-18,26-27,30-33,45H,7-8,14-15,19-23H2,1-3H3,(H2,39,46)(H,41,48)(H,42,47)(H,43,49);4-6,11H,7-9H2,1-3H3,(H,18,21)/t26-,27+,30-,31-,32-,33+;11-/m00/s1. The van der Waals surface area contributed by atoms with E-state index >= 15 is 0 Å². The van der Waals surface area contributed by atoms with Gasteiger partial charge in [0.15, 0.2) is 4.77 Å². The van der Waals surface area contributed by atoms with Gasteiger partial charge in [-0.25, -0.2) is 4.98 Å². The summed E-state index contributed by atoms with van der Waals surface area (Å²) in [7, 11) is 0. The van der Waals surface area contributed by atoms with Crippen LogP contribution >= 0.6 is 23.8 Å². The van der Waals surface area contributed by atoms with Gasteiger partial charge in [0.1, 0.15) is 11.7 Å². The van der Waals surface area contributed by atoms with Crippen LogP contribution in [0.1, 0.15) is 102 Å². The second-order valence-corrected chi connectivity index (χ2v) is 21.5. The number of carbonyl (C=O) groups is 4. The zero-order valence-corrected chi connectivity index (χ0v) is 42.9. The minimum Gasteiger partial charge on any atom is -0.390 e. The van der Waals surface area contributed by atoms with Crippen LogP contribution in [0.15, 0.2) is 90.5 Å². The van der Waals surface area contributed by atoms with Gasteiger partial charge in [-0.3, -0.25) is 29.0 Å². The summed E-state index contributed by atoms with van der Waals surface area (Å²) in [6.45, 7) is 15.9. The lowest BCUT2D eigenvalue weighted by atomic mass is 9.72. The third-order valence-electron chi connectivity index (χ3n) is 13.8. The Kier molecular flexibility index (Phi) is 17.4. The number of pyridine rings is 1. The number of aromatic nitrogens is 3. The number of hydrogen-bond donors (Lipinski definition) is 6. The quantitative estimate of drug-likeness (QED) is 0.0480. The third kappa shape index (κ3) is 13.5. The van der Waals surface area contributed by atoms with Gasteiger partial charge in [-0.05, 0) is 115 Å². The Bertz CT molecular complexity index is 2750. The number of piperidine rings is 1. The van der Waals surface area contributed by atoms with Gasteiger partial charge in [-0.1, -0.05) is 97.1 Å². The average Bonchev–Trinajstić information content (AvgIpc) is 3.54. The fraction of sp³-hybridized carbons (Fsp3) is 0.481. The molecule has 374 valence electrons. The Morgan fingerprint density at radius 1 is 0.943 bits per heavy atom. The van der Waals surface area contributed by atoms with Gasteiger partial charge in [-0.2, -0.15) is 0 Å². The van der Waals surface area contributed by atoms with Crippen molar-refractivity contribution in [1.82, 2.24) is 40.3 Å². The number of likely N-dealkylation sites (tertiary alicyclic amines) is 1. The molecule has 1 saturated carbocycles. The Balaban J connectivity index is 0.000000284. The maximum Gasteiger partial charge on any atom is 0.270 e. The number of imidazole rings is 1. The summed E-state index contributed by atoms with van der Waals surface area (Å²) in [6.07, 6.45) is 6.30. The maximum atomic E-state index is 13.8. The van der Waals surface area contributed by atoms with Crippen LogP contribution in [-0.4, -0.2) is 109 Å². The molecule has 2 fully saturated rings. The average molecular weight is 993 g/mol. The lowest BCUT2D eigenvalue weighted by Gasteiger charge is -2.47. The number of fused-ring (bicyclic) bond motifs is 2. The monoisotopic (exact) mass is 991 g/mol. The number of carbonyl (C=O) groups excluding carboxylic acids is 4. The van der Waals surface area contributed by atoms with Gasteiger partial charge in [0.2, 0.25) is 17.7 Å². The highest BCUT2D eigenvalue weighted by molar-refractivity contribution is 7.71. The lowest BCUT2D eigenvalue weighted by Crippen LogP contribution is -2.61. The minimum absolute atomic E-state index is 0.0566. The molecule has 4 amide bonds. The van der Waals surface area contributed by atoms with Crippen LogP contribution in [0.3, 0.4) is 0 Å². The molecule has 3 aromatic carbocycles. The maximum absolute atomic E-state index is 13.8. The molecule has 8 rings (SSSR count). The van der Waals surface area contributed by atoms with Gasteiger partial charge in [-0.15, -0.1) is 0 Å². The number of nitrogens with zero attached hydrogens (tertiary/aromatic N) is 4. The topological polar surface area (TPSA) is 191 Å². The molecule has 16 heteroatoms. The van der Waals surface area contributed by atoms with Crippen LogP contribution in [0.2, 0.25) is 5.02 Å². The highest BCUT2D eigenvalue weighted by Crippen LogP contribution is 2.39. The van der Waals surface area contributed by atoms with Gasteiger partial charge in [0, 0.05) is 60.3 Å². The largest absolute Gasteiger partial charge is 0.390 e. The fourth-order valence-electron chi connectivity index (χ4n) is 10.2. The van der Waals surface area contributed by atoms with E-state index in [1.807, 2.05) is 81.4 Å².